The van der Waals surface area contributed by atoms with Crippen LogP contribution in [0.2, 0.25) is 0 Å². The van der Waals surface area contributed by atoms with Crippen molar-refractivity contribution in [2.45, 2.75) is 13.2 Å². The first kappa shape index (κ1) is 23.3. The summed E-state index contributed by atoms with van der Waals surface area (Å²) in [7, 11) is 0. The first-order valence-corrected chi connectivity index (χ1v) is 12.0. The summed E-state index contributed by atoms with van der Waals surface area (Å²) in [6, 6.07) is 27.3. The lowest BCUT2D eigenvalue weighted by Crippen LogP contribution is -2.27. The van der Waals surface area contributed by atoms with Crippen LogP contribution < -0.4 is 4.74 Å². The second-order valence-electron chi connectivity index (χ2n) is 8.16. The number of nitrogens with zero attached hydrogens (tertiary/aromatic N) is 2. The van der Waals surface area contributed by atoms with Crippen molar-refractivity contribution in [3.05, 3.63) is 123 Å². The van der Waals surface area contributed by atoms with Crippen molar-refractivity contribution >= 4 is 45.4 Å². The summed E-state index contributed by atoms with van der Waals surface area (Å²) in [6.45, 7) is 0.396. The summed E-state index contributed by atoms with van der Waals surface area (Å²) in [4.78, 5) is 37.4. The van der Waals surface area contributed by atoms with Gasteiger partial charge in [0.25, 0.3) is 16.8 Å². The smallest absolute Gasteiger partial charge is 0.293 e. The number of para-hydroxylation sites is 1. The summed E-state index contributed by atoms with van der Waals surface area (Å²) in [5.74, 6) is 0.194. The Morgan fingerprint density at radius 1 is 0.889 bits per heavy atom. The average molecular weight is 497 g/mol. The van der Waals surface area contributed by atoms with Crippen molar-refractivity contribution in [3.8, 4) is 5.75 Å². The van der Waals surface area contributed by atoms with E-state index in [2.05, 4.69) is 18.2 Å². The van der Waals surface area contributed by atoms with Gasteiger partial charge in [-0.05, 0) is 45.8 Å². The Bertz CT molecular complexity index is 1510. The number of thioether (sulfide) groups is 1. The van der Waals surface area contributed by atoms with Crippen LogP contribution in [0, 0.1) is 10.1 Å². The molecule has 178 valence electrons. The zero-order valence-corrected chi connectivity index (χ0v) is 19.8. The minimum absolute atomic E-state index is 0.0409. The zero-order valence-electron chi connectivity index (χ0n) is 19.0. The first-order valence-electron chi connectivity index (χ1n) is 11.2. The molecule has 5 rings (SSSR count). The van der Waals surface area contributed by atoms with E-state index < -0.39 is 16.1 Å². The number of ether oxygens (including phenoxy) is 1. The minimum atomic E-state index is -0.494. The molecule has 2 amide bonds. The van der Waals surface area contributed by atoms with E-state index in [1.807, 2.05) is 48.5 Å². The van der Waals surface area contributed by atoms with E-state index in [9.17, 15) is 19.7 Å². The van der Waals surface area contributed by atoms with E-state index in [0.29, 0.717) is 28.4 Å². The zero-order chi connectivity index (χ0) is 25.1. The Kier molecular flexibility index (Phi) is 6.51. The van der Waals surface area contributed by atoms with Gasteiger partial charge in [-0.2, -0.15) is 0 Å². The van der Waals surface area contributed by atoms with Crippen LogP contribution >= 0.6 is 11.8 Å². The van der Waals surface area contributed by atoms with Crippen LogP contribution in [0.3, 0.4) is 0 Å². The SMILES string of the molecule is O=C1S/C(=C\c2ccccc2OCc2cccc3ccccc23)C(=O)N1Cc1ccc([N+](=O)[O-])cc1. The van der Waals surface area contributed by atoms with Gasteiger partial charge < -0.3 is 4.74 Å². The van der Waals surface area contributed by atoms with E-state index in [4.69, 9.17) is 4.74 Å². The van der Waals surface area contributed by atoms with E-state index in [0.717, 1.165) is 33.0 Å². The predicted octanol–water partition coefficient (Wildman–Crippen LogP) is 6.56. The molecule has 0 atom stereocenters. The van der Waals surface area contributed by atoms with Gasteiger partial charge in [-0.15, -0.1) is 0 Å². The maximum atomic E-state index is 13.0. The Hall–Kier alpha value is -4.43. The summed E-state index contributed by atoms with van der Waals surface area (Å²) < 4.78 is 6.14. The van der Waals surface area contributed by atoms with Crippen LogP contribution in [-0.4, -0.2) is 21.0 Å². The number of carbonyl (C=O) groups is 2. The maximum Gasteiger partial charge on any atom is 0.293 e. The number of benzene rings is 4. The lowest BCUT2D eigenvalue weighted by molar-refractivity contribution is -0.384. The Morgan fingerprint density at radius 3 is 2.42 bits per heavy atom. The standard InChI is InChI=1S/C28H20N2O5S/c31-27-26(36-28(32)29(27)17-19-12-14-23(15-13-19)30(33)34)16-21-7-2-4-11-25(21)35-18-22-9-5-8-20-6-1-3-10-24(20)22/h1-16H,17-18H2/b26-16-. The fraction of sp³-hybridized carbons (Fsp3) is 0.0714. The molecule has 1 aliphatic heterocycles. The number of rotatable bonds is 7. The fourth-order valence-corrected chi connectivity index (χ4v) is 4.82. The van der Waals surface area contributed by atoms with Crippen LogP contribution in [0.5, 0.6) is 5.75 Å². The monoisotopic (exact) mass is 496 g/mol. The van der Waals surface area contributed by atoms with E-state index in [-0.39, 0.29) is 12.2 Å². The molecule has 0 saturated carbocycles. The molecule has 36 heavy (non-hydrogen) atoms. The third kappa shape index (κ3) is 4.85. The molecule has 1 fully saturated rings. The van der Waals surface area contributed by atoms with Crippen molar-refractivity contribution < 1.29 is 19.2 Å². The van der Waals surface area contributed by atoms with Gasteiger partial charge >= 0.3 is 0 Å². The topological polar surface area (TPSA) is 89.8 Å². The van der Waals surface area contributed by atoms with Gasteiger partial charge in [0.15, 0.2) is 0 Å². The summed E-state index contributed by atoms with van der Waals surface area (Å²) >= 11 is 0.864. The second-order valence-corrected chi connectivity index (χ2v) is 9.15. The number of nitro groups is 1. The quantitative estimate of drug-likeness (QED) is 0.163. The largest absolute Gasteiger partial charge is 0.488 e. The molecule has 0 aliphatic carbocycles. The number of hydrogen-bond donors (Lipinski definition) is 0. The molecule has 4 aromatic rings. The molecule has 0 spiro atoms. The molecule has 0 N–H and O–H groups in total. The van der Waals surface area contributed by atoms with Gasteiger partial charge in [0.1, 0.15) is 12.4 Å². The predicted molar refractivity (Wildman–Crippen MR) is 139 cm³/mol. The summed E-state index contributed by atoms with van der Waals surface area (Å²) in [6.07, 6.45) is 1.67. The lowest BCUT2D eigenvalue weighted by Gasteiger charge is -2.13. The van der Waals surface area contributed by atoms with E-state index in [1.54, 1.807) is 18.2 Å². The first-order chi connectivity index (χ1) is 17.5. The van der Waals surface area contributed by atoms with Crippen LogP contribution in [0.1, 0.15) is 16.7 Å². The molecule has 8 heteroatoms. The average Bonchev–Trinajstić information content (AvgIpc) is 3.15. The van der Waals surface area contributed by atoms with E-state index in [1.165, 1.54) is 12.1 Å². The van der Waals surface area contributed by atoms with Gasteiger partial charge in [0.05, 0.1) is 16.4 Å². The number of hydrogen-bond acceptors (Lipinski definition) is 6. The highest BCUT2D eigenvalue weighted by atomic mass is 32.2. The molecule has 0 unspecified atom stereocenters. The van der Waals surface area contributed by atoms with Gasteiger partial charge in [0, 0.05) is 17.7 Å². The molecular formula is C28H20N2O5S. The third-order valence-electron chi connectivity index (χ3n) is 5.83. The number of amides is 2. The van der Waals surface area contributed by atoms with E-state index >= 15 is 0 Å². The molecule has 1 aliphatic rings. The van der Waals surface area contributed by atoms with Crippen LogP contribution in [0.4, 0.5) is 10.5 Å². The van der Waals surface area contributed by atoms with Crippen molar-refractivity contribution in [2.75, 3.05) is 0 Å². The molecule has 0 bridgehead atoms. The van der Waals surface area contributed by atoms with Crippen LogP contribution in [-0.2, 0) is 17.9 Å². The molecular weight excluding hydrogens is 476 g/mol. The van der Waals surface area contributed by atoms with Crippen molar-refractivity contribution in [2.24, 2.45) is 0 Å². The molecule has 1 saturated heterocycles. The number of nitro benzene ring substituents is 1. The summed E-state index contributed by atoms with van der Waals surface area (Å²) in [5.41, 5.74) is 2.32. The normalized spacial score (nSPS) is 14.6. The highest BCUT2D eigenvalue weighted by Crippen LogP contribution is 2.35. The number of imide groups is 1. The molecule has 1 heterocycles. The second kappa shape index (κ2) is 10.1. The number of non-ortho nitro benzene ring substituents is 1. The van der Waals surface area contributed by atoms with Crippen LogP contribution in [0.15, 0.2) is 95.9 Å². The summed E-state index contributed by atoms with van der Waals surface area (Å²) in [5, 5.41) is 12.7. The number of fused-ring (bicyclic) bond motifs is 1. The lowest BCUT2D eigenvalue weighted by atomic mass is 10.1. The van der Waals surface area contributed by atoms with Gasteiger partial charge in [0.2, 0.25) is 0 Å². The molecule has 0 radical (unpaired) electrons. The van der Waals surface area contributed by atoms with Crippen molar-refractivity contribution in [3.63, 3.8) is 0 Å². The molecule has 4 aromatic carbocycles. The highest BCUT2D eigenvalue weighted by Gasteiger charge is 2.35. The van der Waals surface area contributed by atoms with Crippen molar-refractivity contribution in [1.29, 1.82) is 0 Å². The molecule has 0 aromatic heterocycles. The van der Waals surface area contributed by atoms with Crippen molar-refractivity contribution in [1.82, 2.24) is 4.90 Å². The molecule has 7 nitrogen and oxygen atoms in total. The Labute approximate surface area is 211 Å². The Morgan fingerprint density at radius 2 is 1.61 bits per heavy atom. The van der Waals surface area contributed by atoms with Gasteiger partial charge in [-0.25, -0.2) is 0 Å². The van der Waals surface area contributed by atoms with Crippen LogP contribution in [0.25, 0.3) is 16.8 Å². The highest BCUT2D eigenvalue weighted by molar-refractivity contribution is 8.18. The maximum absolute atomic E-state index is 13.0. The Balaban J connectivity index is 1.34. The van der Waals surface area contributed by atoms with Gasteiger partial charge in [-0.3, -0.25) is 24.6 Å². The number of carbonyl (C=O) groups excluding carboxylic acids is 2. The van der Waals surface area contributed by atoms with Gasteiger partial charge in [-0.1, -0.05) is 72.8 Å². The third-order valence-corrected chi connectivity index (χ3v) is 6.74. The minimum Gasteiger partial charge on any atom is -0.488 e. The fourth-order valence-electron chi connectivity index (χ4n) is 3.99.